The second kappa shape index (κ2) is 6.90. The fraction of sp³-hybridized carbons (Fsp3) is 0.286. The minimum Gasteiger partial charge on any atom is -0.465 e. The first-order chi connectivity index (χ1) is 10.8. The van der Waals surface area contributed by atoms with Gasteiger partial charge in [-0.15, -0.1) is 0 Å². The van der Waals surface area contributed by atoms with Crippen LogP contribution in [0.3, 0.4) is 0 Å². The predicted molar refractivity (Wildman–Crippen MR) is 88.1 cm³/mol. The molecule has 0 unspecified atom stereocenters. The van der Waals surface area contributed by atoms with Gasteiger partial charge in [0.05, 0.1) is 23.3 Å². The van der Waals surface area contributed by atoms with Gasteiger partial charge in [-0.3, -0.25) is 0 Å². The summed E-state index contributed by atoms with van der Waals surface area (Å²) in [5.41, 5.74) is 0.548. The number of hydrogen-bond acceptors (Lipinski definition) is 6. The number of fused-ring (bicyclic) bond motifs is 1. The Morgan fingerprint density at radius 2 is 1.91 bits per heavy atom. The first-order valence-corrected chi connectivity index (χ1v) is 8.34. The number of methoxy groups -OCH3 is 1. The first kappa shape index (κ1) is 17.8. The van der Waals surface area contributed by atoms with Crippen molar-refractivity contribution >= 4 is 51.1 Å². The van der Waals surface area contributed by atoms with E-state index in [2.05, 4.69) is 4.98 Å². The van der Waals surface area contributed by atoms with Crippen molar-refractivity contribution in [2.24, 2.45) is 0 Å². The lowest BCUT2D eigenvalue weighted by molar-refractivity contribution is 0.0597. The van der Waals surface area contributed by atoms with Crippen LogP contribution in [0, 0.1) is 0 Å². The third-order valence-electron chi connectivity index (χ3n) is 3.09. The lowest BCUT2D eigenvalue weighted by Crippen LogP contribution is -2.12. The Bertz CT molecular complexity index is 856. The average molecular weight is 378 g/mol. The summed E-state index contributed by atoms with van der Waals surface area (Å²) in [4.78, 5) is 16.5. The van der Waals surface area contributed by atoms with Crippen LogP contribution in [0.2, 0.25) is 10.0 Å². The van der Waals surface area contributed by atoms with Crippen molar-refractivity contribution in [1.29, 1.82) is 0 Å². The largest absolute Gasteiger partial charge is 0.465 e. The number of rotatable bonds is 4. The molecular formula is C14H13Cl2NO5S. The van der Waals surface area contributed by atoms with Gasteiger partial charge >= 0.3 is 5.97 Å². The Hall–Kier alpha value is -1.57. The predicted octanol–water partition coefficient (Wildman–Crippen LogP) is 3.36. The third kappa shape index (κ3) is 3.52. The Balaban J connectivity index is 3.02. The van der Waals surface area contributed by atoms with Gasteiger partial charge in [-0.05, 0) is 18.1 Å². The van der Waals surface area contributed by atoms with Crippen LogP contribution in [-0.4, -0.2) is 26.5 Å². The second-order valence-corrected chi connectivity index (χ2v) is 6.42. The van der Waals surface area contributed by atoms with Crippen molar-refractivity contribution in [1.82, 2.24) is 4.98 Å². The van der Waals surface area contributed by atoms with E-state index in [0.29, 0.717) is 11.2 Å². The zero-order valence-electron chi connectivity index (χ0n) is 12.4. The Morgan fingerprint density at radius 1 is 1.26 bits per heavy atom. The number of aromatic nitrogens is 1. The van der Waals surface area contributed by atoms with E-state index in [1.807, 2.05) is 0 Å². The van der Waals surface area contributed by atoms with Crippen LogP contribution in [0.5, 0.6) is 5.75 Å². The molecule has 0 spiro atoms. The Kier molecular flexibility index (Phi) is 5.33. The minimum absolute atomic E-state index is 0.0625. The molecule has 0 fully saturated rings. The van der Waals surface area contributed by atoms with E-state index in [1.165, 1.54) is 19.2 Å². The number of esters is 1. The summed E-state index contributed by atoms with van der Waals surface area (Å²) in [7, 11) is -2.09. The monoisotopic (exact) mass is 377 g/mol. The van der Waals surface area contributed by atoms with E-state index >= 15 is 0 Å². The summed E-state index contributed by atoms with van der Waals surface area (Å²) in [6, 6.07) is 2.90. The van der Waals surface area contributed by atoms with Gasteiger partial charge < -0.3 is 8.92 Å². The fourth-order valence-corrected chi connectivity index (χ4v) is 3.04. The number of carbonyl (C=O) groups excluding carboxylic acids is 1. The molecule has 0 aliphatic carbocycles. The zero-order chi connectivity index (χ0) is 17.3. The van der Waals surface area contributed by atoms with Crippen LogP contribution < -0.4 is 4.18 Å². The number of benzene rings is 1. The molecule has 0 saturated heterocycles. The van der Waals surface area contributed by atoms with E-state index in [1.54, 1.807) is 13.8 Å². The van der Waals surface area contributed by atoms with Gasteiger partial charge in [-0.25, -0.2) is 9.78 Å². The van der Waals surface area contributed by atoms with Gasteiger partial charge in [0.1, 0.15) is 5.56 Å². The highest BCUT2D eigenvalue weighted by Gasteiger charge is 2.26. The third-order valence-corrected chi connectivity index (χ3v) is 3.93. The maximum atomic E-state index is 12.1. The van der Waals surface area contributed by atoms with E-state index in [-0.39, 0.29) is 32.7 Å². The number of carbonyl (C=O) groups is 1. The molecule has 0 atom stereocenters. The van der Waals surface area contributed by atoms with Gasteiger partial charge in [0.25, 0.3) is 11.0 Å². The number of thiol groups is 1. The van der Waals surface area contributed by atoms with Crippen molar-refractivity contribution in [3.05, 3.63) is 33.4 Å². The molecule has 1 heterocycles. The molecule has 23 heavy (non-hydrogen) atoms. The molecule has 0 aliphatic rings. The summed E-state index contributed by atoms with van der Waals surface area (Å²) in [5.74, 6) is -1.15. The molecule has 9 heteroatoms. The molecule has 124 valence electrons. The highest BCUT2D eigenvalue weighted by atomic mass is 35.5. The minimum atomic E-state index is -3.27. The normalized spacial score (nSPS) is 11.3. The molecule has 2 rings (SSSR count). The second-order valence-electron chi connectivity index (χ2n) is 4.95. The zero-order valence-corrected chi connectivity index (χ0v) is 14.8. The SMILES string of the molecule is COC(=O)c1c(C(C)C)nc2c(Cl)cc(Cl)cc2c1O[SH](=O)=O. The summed E-state index contributed by atoms with van der Waals surface area (Å²) >= 11 is 12.1. The topological polar surface area (TPSA) is 82.6 Å². The summed E-state index contributed by atoms with van der Waals surface area (Å²) in [5, 5.41) is 0.687. The molecular weight excluding hydrogens is 365 g/mol. The van der Waals surface area contributed by atoms with Crippen LogP contribution in [-0.2, 0) is 15.7 Å². The average Bonchev–Trinajstić information content (AvgIpc) is 2.45. The van der Waals surface area contributed by atoms with Crippen LogP contribution in [0.4, 0.5) is 0 Å². The molecule has 0 amide bonds. The molecule has 6 nitrogen and oxygen atoms in total. The van der Waals surface area contributed by atoms with Crippen molar-refractivity contribution in [2.75, 3.05) is 7.11 Å². The van der Waals surface area contributed by atoms with Crippen molar-refractivity contribution in [3.63, 3.8) is 0 Å². The van der Waals surface area contributed by atoms with E-state index in [0.717, 1.165) is 0 Å². The first-order valence-electron chi connectivity index (χ1n) is 6.49. The number of nitrogens with zero attached hydrogens (tertiary/aromatic N) is 1. The van der Waals surface area contributed by atoms with Crippen molar-refractivity contribution < 1.29 is 22.1 Å². The van der Waals surface area contributed by atoms with E-state index in [4.69, 9.17) is 32.1 Å². The van der Waals surface area contributed by atoms with Gasteiger partial charge in [0, 0.05) is 10.4 Å². The van der Waals surface area contributed by atoms with Gasteiger partial charge in [0.15, 0.2) is 5.75 Å². The quantitative estimate of drug-likeness (QED) is 0.649. The molecule has 0 N–H and O–H groups in total. The number of halogens is 2. The maximum Gasteiger partial charge on any atom is 0.343 e. The number of ether oxygens (including phenoxy) is 1. The molecule has 1 aromatic carbocycles. The highest BCUT2D eigenvalue weighted by molar-refractivity contribution is 7.67. The number of pyridine rings is 1. The molecule has 0 saturated carbocycles. The highest BCUT2D eigenvalue weighted by Crippen LogP contribution is 2.38. The Morgan fingerprint density at radius 3 is 2.43 bits per heavy atom. The molecule has 0 aliphatic heterocycles. The molecule has 0 radical (unpaired) electrons. The lowest BCUT2D eigenvalue weighted by Gasteiger charge is -2.16. The summed E-state index contributed by atoms with van der Waals surface area (Å²) in [6.07, 6.45) is 0. The van der Waals surface area contributed by atoms with Gasteiger partial charge in [0.2, 0.25) is 0 Å². The standard InChI is InChI=1S/C14H13Cl2NO5S/c1-6(2)11-10(14(18)21-3)13(22-23(19)20)8-4-7(15)5-9(16)12(8)17-11/h4-6,23H,1-3H3. The van der Waals surface area contributed by atoms with Crippen LogP contribution in [0.1, 0.15) is 35.8 Å². The fourth-order valence-electron chi connectivity index (χ4n) is 2.17. The van der Waals surface area contributed by atoms with Crippen molar-refractivity contribution in [2.45, 2.75) is 19.8 Å². The molecule has 1 aromatic heterocycles. The van der Waals surface area contributed by atoms with E-state index in [9.17, 15) is 13.2 Å². The molecule has 2 aromatic rings. The van der Waals surface area contributed by atoms with Gasteiger partial charge in [-0.1, -0.05) is 37.0 Å². The summed E-state index contributed by atoms with van der Waals surface area (Å²) < 4.78 is 31.8. The smallest absolute Gasteiger partial charge is 0.343 e. The molecule has 0 bridgehead atoms. The van der Waals surface area contributed by atoms with Crippen molar-refractivity contribution in [3.8, 4) is 5.75 Å². The van der Waals surface area contributed by atoms with Crippen LogP contribution in [0.25, 0.3) is 10.9 Å². The van der Waals surface area contributed by atoms with Gasteiger partial charge in [-0.2, -0.15) is 8.42 Å². The number of hydrogen-bond donors (Lipinski definition) is 1. The maximum absolute atomic E-state index is 12.1. The van der Waals surface area contributed by atoms with E-state index < -0.39 is 17.0 Å². The van der Waals surface area contributed by atoms with Crippen LogP contribution in [0.15, 0.2) is 12.1 Å². The lowest BCUT2D eigenvalue weighted by atomic mass is 10.00. The van der Waals surface area contributed by atoms with Crippen LogP contribution >= 0.6 is 23.2 Å². The summed E-state index contributed by atoms with van der Waals surface area (Å²) in [6.45, 7) is 3.59. The Labute approximate surface area is 144 Å².